The maximum absolute atomic E-state index is 13.2. The maximum Gasteiger partial charge on any atom is 0.195 e. The molecular formula is C16H21FN4S. The number of benzene rings is 1. The lowest BCUT2D eigenvalue weighted by molar-refractivity contribution is 0.214. The van der Waals surface area contributed by atoms with Crippen molar-refractivity contribution in [1.82, 2.24) is 19.7 Å². The first-order chi connectivity index (χ1) is 10.8. The lowest BCUT2D eigenvalue weighted by atomic mass is 10.1. The van der Waals surface area contributed by atoms with Crippen molar-refractivity contribution in [3.05, 3.63) is 35.9 Å². The molecule has 2 aromatic rings. The number of rotatable bonds is 5. The third-order valence-electron chi connectivity index (χ3n) is 3.87. The van der Waals surface area contributed by atoms with Gasteiger partial charge in [0.05, 0.1) is 6.54 Å². The van der Waals surface area contributed by atoms with E-state index in [1.807, 2.05) is 0 Å². The lowest BCUT2D eigenvalue weighted by Crippen LogP contribution is -2.30. The highest BCUT2D eigenvalue weighted by atomic mass is 32.2. The van der Waals surface area contributed by atoms with Gasteiger partial charge in [0.15, 0.2) is 11.0 Å². The molecule has 1 aliphatic heterocycles. The third-order valence-corrected chi connectivity index (χ3v) is 4.68. The van der Waals surface area contributed by atoms with Crippen LogP contribution in [0.5, 0.6) is 0 Å². The average Bonchev–Trinajstić information content (AvgIpc) is 2.92. The second kappa shape index (κ2) is 7.24. The Labute approximate surface area is 134 Å². The number of thioether (sulfide) groups is 1. The van der Waals surface area contributed by atoms with Crippen molar-refractivity contribution in [3.63, 3.8) is 0 Å². The van der Waals surface area contributed by atoms with E-state index in [-0.39, 0.29) is 5.82 Å². The van der Waals surface area contributed by atoms with Gasteiger partial charge in [0, 0.05) is 5.69 Å². The molecule has 2 heterocycles. The highest BCUT2D eigenvalue weighted by Gasteiger charge is 2.18. The third kappa shape index (κ3) is 3.50. The minimum absolute atomic E-state index is 0.223. The van der Waals surface area contributed by atoms with Crippen molar-refractivity contribution in [3.8, 4) is 5.69 Å². The fourth-order valence-electron chi connectivity index (χ4n) is 2.79. The number of piperidine rings is 1. The zero-order valence-corrected chi connectivity index (χ0v) is 13.7. The molecule has 0 aliphatic carbocycles. The summed E-state index contributed by atoms with van der Waals surface area (Å²) in [6.07, 6.45) is 3.82. The Hall–Kier alpha value is -1.40. The van der Waals surface area contributed by atoms with E-state index in [2.05, 4.69) is 26.6 Å². The minimum Gasteiger partial charge on any atom is -0.296 e. The van der Waals surface area contributed by atoms with Gasteiger partial charge in [-0.05, 0) is 55.9 Å². The van der Waals surface area contributed by atoms with Gasteiger partial charge in [0.25, 0.3) is 0 Å². The van der Waals surface area contributed by atoms with E-state index < -0.39 is 0 Å². The lowest BCUT2D eigenvalue weighted by Gasteiger charge is -2.26. The molecule has 0 spiro atoms. The Morgan fingerprint density at radius 2 is 1.82 bits per heavy atom. The first-order valence-electron chi connectivity index (χ1n) is 7.83. The summed E-state index contributed by atoms with van der Waals surface area (Å²) in [5, 5.41) is 9.59. The van der Waals surface area contributed by atoms with Crippen LogP contribution in [0.2, 0.25) is 0 Å². The smallest absolute Gasteiger partial charge is 0.195 e. The average molecular weight is 320 g/mol. The number of nitrogens with zero attached hydrogens (tertiary/aromatic N) is 4. The largest absolute Gasteiger partial charge is 0.296 e. The fraction of sp³-hybridized carbons (Fsp3) is 0.500. The Morgan fingerprint density at radius 1 is 1.09 bits per heavy atom. The molecule has 0 unspecified atom stereocenters. The molecule has 0 bridgehead atoms. The van der Waals surface area contributed by atoms with Crippen LogP contribution in [0.3, 0.4) is 0 Å². The van der Waals surface area contributed by atoms with Crippen LogP contribution >= 0.6 is 11.8 Å². The van der Waals surface area contributed by atoms with Crippen molar-refractivity contribution >= 4 is 11.8 Å². The second-order valence-electron chi connectivity index (χ2n) is 5.48. The van der Waals surface area contributed by atoms with Gasteiger partial charge >= 0.3 is 0 Å². The van der Waals surface area contributed by atoms with Crippen LogP contribution in [0, 0.1) is 5.82 Å². The monoisotopic (exact) mass is 320 g/mol. The molecule has 0 amide bonds. The zero-order valence-electron chi connectivity index (χ0n) is 12.8. The van der Waals surface area contributed by atoms with Gasteiger partial charge < -0.3 is 0 Å². The molecule has 118 valence electrons. The molecule has 0 saturated carbocycles. The summed E-state index contributed by atoms with van der Waals surface area (Å²) in [6.45, 7) is 5.13. The summed E-state index contributed by atoms with van der Waals surface area (Å²) in [6, 6.07) is 6.55. The Bertz CT molecular complexity index is 605. The number of halogens is 1. The summed E-state index contributed by atoms with van der Waals surface area (Å²) < 4.78 is 15.3. The number of hydrogen-bond acceptors (Lipinski definition) is 4. The molecular weight excluding hydrogens is 299 g/mol. The highest BCUT2D eigenvalue weighted by Crippen LogP contribution is 2.23. The van der Waals surface area contributed by atoms with Crippen molar-refractivity contribution in [2.45, 2.75) is 37.9 Å². The van der Waals surface area contributed by atoms with E-state index >= 15 is 0 Å². The molecule has 3 rings (SSSR count). The fourth-order valence-corrected chi connectivity index (χ4v) is 3.49. The van der Waals surface area contributed by atoms with Gasteiger partial charge in [-0.2, -0.15) is 0 Å². The highest BCUT2D eigenvalue weighted by molar-refractivity contribution is 7.99. The van der Waals surface area contributed by atoms with Gasteiger partial charge in [0.1, 0.15) is 5.82 Å². The predicted molar refractivity (Wildman–Crippen MR) is 86.8 cm³/mol. The standard InChI is InChI=1S/C16H21FN4S/c1-2-22-16-19-18-15(12-20-10-4-3-5-11-20)21(16)14-8-6-13(17)7-9-14/h6-9H,2-5,10-12H2,1H3. The maximum atomic E-state index is 13.2. The van der Waals surface area contributed by atoms with Crippen LogP contribution in [0.25, 0.3) is 5.69 Å². The molecule has 0 N–H and O–H groups in total. The van der Waals surface area contributed by atoms with Crippen LogP contribution in [0.15, 0.2) is 29.4 Å². The molecule has 4 nitrogen and oxygen atoms in total. The summed E-state index contributed by atoms with van der Waals surface area (Å²) >= 11 is 1.66. The van der Waals surface area contributed by atoms with Gasteiger partial charge in [0.2, 0.25) is 0 Å². The van der Waals surface area contributed by atoms with E-state index in [1.54, 1.807) is 23.9 Å². The van der Waals surface area contributed by atoms with Crippen LogP contribution in [-0.2, 0) is 6.54 Å². The molecule has 1 fully saturated rings. The van der Waals surface area contributed by atoms with E-state index in [4.69, 9.17) is 0 Å². The van der Waals surface area contributed by atoms with Crippen molar-refractivity contribution in [2.24, 2.45) is 0 Å². The van der Waals surface area contributed by atoms with Gasteiger partial charge in [-0.25, -0.2) is 4.39 Å². The molecule has 1 aliphatic rings. The summed E-state index contributed by atoms with van der Waals surface area (Å²) in [4.78, 5) is 2.42. The minimum atomic E-state index is -0.223. The zero-order chi connectivity index (χ0) is 15.4. The predicted octanol–water partition coefficient (Wildman–Crippen LogP) is 3.50. The summed E-state index contributed by atoms with van der Waals surface area (Å²) in [5.74, 6) is 1.65. The van der Waals surface area contributed by atoms with Crippen molar-refractivity contribution in [2.75, 3.05) is 18.8 Å². The van der Waals surface area contributed by atoms with Crippen LogP contribution in [-0.4, -0.2) is 38.5 Å². The number of likely N-dealkylation sites (tertiary alicyclic amines) is 1. The van der Waals surface area contributed by atoms with Gasteiger partial charge in [-0.3, -0.25) is 9.47 Å². The molecule has 0 radical (unpaired) electrons. The quantitative estimate of drug-likeness (QED) is 0.790. The first-order valence-corrected chi connectivity index (χ1v) is 8.82. The second-order valence-corrected chi connectivity index (χ2v) is 6.71. The normalized spacial score (nSPS) is 16.1. The van der Waals surface area contributed by atoms with Gasteiger partial charge in [-0.15, -0.1) is 10.2 Å². The first kappa shape index (κ1) is 15.5. The SMILES string of the molecule is CCSc1nnc(CN2CCCCC2)n1-c1ccc(F)cc1. The Morgan fingerprint density at radius 3 is 2.50 bits per heavy atom. The van der Waals surface area contributed by atoms with E-state index in [0.717, 1.165) is 42.1 Å². The van der Waals surface area contributed by atoms with Crippen LogP contribution in [0.1, 0.15) is 32.0 Å². The number of hydrogen-bond donors (Lipinski definition) is 0. The molecule has 1 saturated heterocycles. The Balaban J connectivity index is 1.90. The molecule has 0 atom stereocenters. The summed E-state index contributed by atoms with van der Waals surface area (Å²) in [5.41, 5.74) is 0.925. The topological polar surface area (TPSA) is 34.0 Å². The summed E-state index contributed by atoms with van der Waals surface area (Å²) in [7, 11) is 0. The van der Waals surface area contributed by atoms with Crippen LogP contribution < -0.4 is 0 Å². The Kier molecular flexibility index (Phi) is 5.10. The van der Waals surface area contributed by atoms with E-state index in [1.165, 1.54) is 31.4 Å². The molecule has 1 aromatic heterocycles. The van der Waals surface area contributed by atoms with Crippen LogP contribution in [0.4, 0.5) is 4.39 Å². The molecule has 1 aromatic carbocycles. The molecule has 6 heteroatoms. The van der Waals surface area contributed by atoms with Crippen molar-refractivity contribution in [1.29, 1.82) is 0 Å². The van der Waals surface area contributed by atoms with E-state index in [9.17, 15) is 4.39 Å². The van der Waals surface area contributed by atoms with E-state index in [0.29, 0.717) is 0 Å². The molecule has 22 heavy (non-hydrogen) atoms. The van der Waals surface area contributed by atoms with Gasteiger partial charge in [-0.1, -0.05) is 25.1 Å². The number of aromatic nitrogens is 3. The van der Waals surface area contributed by atoms with Crippen molar-refractivity contribution < 1.29 is 4.39 Å².